The van der Waals surface area contributed by atoms with E-state index in [0.717, 1.165) is 33.1 Å². The topological polar surface area (TPSA) is 15.3 Å². The van der Waals surface area contributed by atoms with E-state index in [-0.39, 0.29) is 10.6 Å². The first-order chi connectivity index (χ1) is 8.48. The number of nitrogens with one attached hydrogen (secondary N) is 1. The predicted octanol–water partition coefficient (Wildman–Crippen LogP) is 2.86. The number of halogens is 3. The van der Waals surface area contributed by atoms with Crippen LogP contribution in [0.15, 0.2) is 18.2 Å². The lowest BCUT2D eigenvalue weighted by Gasteiger charge is -2.29. The second kappa shape index (κ2) is 5.51. The van der Waals surface area contributed by atoms with Crippen molar-refractivity contribution in [3.8, 4) is 0 Å². The molecule has 1 heterocycles. The lowest BCUT2D eigenvalue weighted by atomic mass is 10.0. The van der Waals surface area contributed by atoms with E-state index in [0.29, 0.717) is 12.1 Å². The first-order valence-corrected chi connectivity index (χ1v) is 6.45. The lowest BCUT2D eigenvalue weighted by molar-refractivity contribution is 0.0159. The van der Waals surface area contributed by atoms with Crippen molar-refractivity contribution in [2.24, 2.45) is 0 Å². The number of benzene rings is 1. The van der Waals surface area contributed by atoms with Gasteiger partial charge in [-0.1, -0.05) is 23.7 Å². The van der Waals surface area contributed by atoms with Gasteiger partial charge >= 0.3 is 0 Å². The largest absolute Gasteiger partial charge is 0.314 e. The van der Waals surface area contributed by atoms with Gasteiger partial charge in [0.2, 0.25) is 0 Å². The van der Waals surface area contributed by atoms with E-state index in [4.69, 9.17) is 11.6 Å². The molecule has 1 N–H and O–H groups in total. The van der Waals surface area contributed by atoms with Gasteiger partial charge in [-0.3, -0.25) is 4.90 Å². The summed E-state index contributed by atoms with van der Waals surface area (Å²) in [5.74, 6) is -2.90. The monoisotopic (exact) mass is 274 g/mol. The fourth-order valence-electron chi connectivity index (χ4n) is 2.30. The van der Waals surface area contributed by atoms with E-state index in [2.05, 4.69) is 10.2 Å². The number of alkyl halides is 2. The van der Waals surface area contributed by atoms with E-state index < -0.39 is 5.92 Å². The van der Waals surface area contributed by atoms with E-state index in [1.807, 2.05) is 0 Å². The standard InChI is InChI=1S/C13H17ClF2N2/c1-13(15,16)12-10(3-2-4-11(12)14)9-18-7-5-17-6-8-18/h2-4,17H,5-9H2,1H3. The molecule has 18 heavy (non-hydrogen) atoms. The highest BCUT2D eigenvalue weighted by Crippen LogP contribution is 2.36. The molecule has 1 fully saturated rings. The summed E-state index contributed by atoms with van der Waals surface area (Å²) in [4.78, 5) is 2.16. The lowest BCUT2D eigenvalue weighted by Crippen LogP contribution is -2.43. The van der Waals surface area contributed by atoms with Gasteiger partial charge in [0.05, 0.1) is 5.02 Å². The Kier molecular flexibility index (Phi) is 4.20. The van der Waals surface area contributed by atoms with E-state index in [1.54, 1.807) is 12.1 Å². The van der Waals surface area contributed by atoms with Crippen LogP contribution in [0, 0.1) is 0 Å². The minimum atomic E-state index is -2.90. The SMILES string of the molecule is CC(F)(F)c1c(Cl)cccc1CN1CCNCC1. The Balaban J connectivity index is 2.24. The summed E-state index contributed by atoms with van der Waals surface area (Å²) in [6, 6.07) is 4.99. The number of piperazine rings is 1. The highest BCUT2D eigenvalue weighted by Gasteiger charge is 2.30. The molecule has 1 saturated heterocycles. The van der Waals surface area contributed by atoms with Crippen LogP contribution >= 0.6 is 11.6 Å². The van der Waals surface area contributed by atoms with Gasteiger partial charge in [-0.2, -0.15) is 0 Å². The molecule has 1 aromatic rings. The number of rotatable bonds is 3. The fourth-order valence-corrected chi connectivity index (χ4v) is 2.66. The van der Waals surface area contributed by atoms with Gasteiger partial charge in [0.15, 0.2) is 0 Å². The normalized spacial score (nSPS) is 18.0. The molecule has 0 spiro atoms. The van der Waals surface area contributed by atoms with Gasteiger partial charge in [-0.05, 0) is 11.6 Å². The van der Waals surface area contributed by atoms with Crippen molar-refractivity contribution in [2.45, 2.75) is 19.4 Å². The molecule has 0 bridgehead atoms. The van der Waals surface area contributed by atoms with Gasteiger partial charge in [-0.25, -0.2) is 8.78 Å². The van der Waals surface area contributed by atoms with Crippen LogP contribution in [0.25, 0.3) is 0 Å². The predicted molar refractivity (Wildman–Crippen MR) is 69.2 cm³/mol. The van der Waals surface area contributed by atoms with Crippen molar-refractivity contribution in [3.63, 3.8) is 0 Å². The van der Waals surface area contributed by atoms with Crippen LogP contribution in [-0.2, 0) is 12.5 Å². The summed E-state index contributed by atoms with van der Waals surface area (Å²) in [5, 5.41) is 3.39. The van der Waals surface area contributed by atoms with Crippen LogP contribution in [0.4, 0.5) is 8.78 Å². The molecule has 0 aromatic heterocycles. The average molecular weight is 275 g/mol. The van der Waals surface area contributed by atoms with E-state index in [1.165, 1.54) is 6.07 Å². The van der Waals surface area contributed by atoms with E-state index in [9.17, 15) is 8.78 Å². The Morgan fingerprint density at radius 3 is 2.61 bits per heavy atom. The van der Waals surface area contributed by atoms with Crippen LogP contribution < -0.4 is 5.32 Å². The van der Waals surface area contributed by atoms with Crippen LogP contribution in [0.5, 0.6) is 0 Å². The smallest absolute Gasteiger partial charge is 0.272 e. The zero-order valence-electron chi connectivity index (χ0n) is 10.3. The van der Waals surface area contributed by atoms with Crippen molar-refractivity contribution >= 4 is 11.6 Å². The van der Waals surface area contributed by atoms with Crippen LogP contribution in [-0.4, -0.2) is 31.1 Å². The molecule has 0 unspecified atom stereocenters. The molecule has 1 aromatic carbocycles. The first-order valence-electron chi connectivity index (χ1n) is 6.07. The molecule has 0 aliphatic carbocycles. The van der Waals surface area contributed by atoms with Gasteiger partial charge in [0.25, 0.3) is 5.92 Å². The highest BCUT2D eigenvalue weighted by molar-refractivity contribution is 6.31. The third kappa shape index (κ3) is 3.19. The second-order valence-electron chi connectivity index (χ2n) is 4.69. The van der Waals surface area contributed by atoms with Crippen LogP contribution in [0.1, 0.15) is 18.1 Å². The summed E-state index contributed by atoms with van der Waals surface area (Å²) in [5.41, 5.74) is 0.585. The van der Waals surface area contributed by atoms with E-state index >= 15 is 0 Å². The van der Waals surface area contributed by atoms with Crippen molar-refractivity contribution in [1.82, 2.24) is 10.2 Å². The summed E-state index contributed by atoms with van der Waals surface area (Å²) >= 11 is 5.92. The molecular formula is C13H17ClF2N2. The van der Waals surface area contributed by atoms with Crippen LogP contribution in [0.3, 0.4) is 0 Å². The Bertz CT molecular complexity index is 412. The van der Waals surface area contributed by atoms with Gasteiger partial charge < -0.3 is 5.32 Å². The molecule has 0 amide bonds. The number of hydrogen-bond donors (Lipinski definition) is 1. The molecule has 2 nitrogen and oxygen atoms in total. The Morgan fingerprint density at radius 2 is 2.00 bits per heavy atom. The zero-order valence-corrected chi connectivity index (χ0v) is 11.1. The summed E-state index contributed by atoms with van der Waals surface area (Å²) in [7, 11) is 0. The maximum Gasteiger partial charge on any atom is 0.272 e. The second-order valence-corrected chi connectivity index (χ2v) is 5.10. The van der Waals surface area contributed by atoms with Crippen molar-refractivity contribution < 1.29 is 8.78 Å². The molecule has 1 aliphatic heterocycles. The Hall–Kier alpha value is -0.710. The minimum Gasteiger partial charge on any atom is -0.314 e. The highest BCUT2D eigenvalue weighted by atomic mass is 35.5. The number of hydrogen-bond acceptors (Lipinski definition) is 2. The summed E-state index contributed by atoms with van der Waals surface area (Å²) in [6.45, 7) is 4.98. The molecule has 100 valence electrons. The van der Waals surface area contributed by atoms with Gasteiger partial charge in [0, 0.05) is 45.2 Å². The minimum absolute atomic E-state index is 0.0369. The van der Waals surface area contributed by atoms with Crippen molar-refractivity contribution in [3.05, 3.63) is 34.3 Å². The average Bonchev–Trinajstić information content (AvgIpc) is 2.28. The van der Waals surface area contributed by atoms with Gasteiger partial charge in [-0.15, -0.1) is 0 Å². The molecule has 1 aliphatic rings. The quantitative estimate of drug-likeness (QED) is 0.912. The molecule has 0 radical (unpaired) electrons. The Morgan fingerprint density at radius 1 is 1.33 bits per heavy atom. The number of nitrogens with zero attached hydrogens (tertiary/aromatic N) is 1. The first kappa shape index (κ1) is 13.7. The zero-order chi connectivity index (χ0) is 13.2. The fraction of sp³-hybridized carbons (Fsp3) is 0.538. The maximum absolute atomic E-state index is 13.6. The van der Waals surface area contributed by atoms with Crippen molar-refractivity contribution in [2.75, 3.05) is 26.2 Å². The molecule has 0 saturated carbocycles. The molecule has 0 atom stereocenters. The third-order valence-electron chi connectivity index (χ3n) is 3.14. The Labute approximate surface area is 111 Å². The summed E-state index contributed by atoms with van der Waals surface area (Å²) < 4.78 is 27.2. The molecule has 5 heteroatoms. The van der Waals surface area contributed by atoms with Gasteiger partial charge in [0.1, 0.15) is 0 Å². The third-order valence-corrected chi connectivity index (χ3v) is 3.46. The molecular weight excluding hydrogens is 258 g/mol. The van der Waals surface area contributed by atoms with Crippen molar-refractivity contribution in [1.29, 1.82) is 0 Å². The maximum atomic E-state index is 13.6. The molecule has 2 rings (SSSR count). The summed E-state index contributed by atoms with van der Waals surface area (Å²) in [6.07, 6.45) is 0. The van der Waals surface area contributed by atoms with Crippen LogP contribution in [0.2, 0.25) is 5.02 Å².